The monoisotopic (exact) mass is 598 g/mol. The van der Waals surface area contributed by atoms with Crippen molar-refractivity contribution in [2.24, 2.45) is 7.05 Å². The van der Waals surface area contributed by atoms with Crippen LogP contribution in [0.4, 0.5) is 5.69 Å². The van der Waals surface area contributed by atoms with Gasteiger partial charge in [-0.1, -0.05) is 41.9 Å². The van der Waals surface area contributed by atoms with E-state index in [1.807, 2.05) is 81.9 Å². The lowest BCUT2D eigenvalue weighted by Gasteiger charge is -2.11. The zero-order chi connectivity index (χ0) is 30.7. The smallest absolute Gasteiger partial charge is 0.293 e. The van der Waals surface area contributed by atoms with Crippen LogP contribution >= 0.6 is 11.6 Å². The van der Waals surface area contributed by atoms with E-state index in [1.165, 1.54) is 0 Å². The first-order valence-electron chi connectivity index (χ1n) is 14.2. The summed E-state index contributed by atoms with van der Waals surface area (Å²) in [7, 11) is 1.93. The van der Waals surface area contributed by atoms with E-state index in [0.717, 1.165) is 66.4 Å². The van der Waals surface area contributed by atoms with Gasteiger partial charge < -0.3 is 19.8 Å². The highest BCUT2D eigenvalue weighted by Gasteiger charge is 2.22. The number of carbonyl (C=O) groups excluding carboxylic acids is 2. The molecule has 5 rings (SSSR count). The van der Waals surface area contributed by atoms with E-state index in [-0.39, 0.29) is 12.5 Å². The number of ether oxygens (including phenoxy) is 2. The Hall–Kier alpha value is -4.56. The number of nitrogens with one attached hydrogen (secondary N) is 2. The van der Waals surface area contributed by atoms with E-state index in [4.69, 9.17) is 21.1 Å². The Labute approximate surface area is 256 Å². The summed E-state index contributed by atoms with van der Waals surface area (Å²) in [5.41, 5.74) is 9.65. The Morgan fingerprint density at radius 2 is 1.81 bits per heavy atom. The number of hydrogen-bond acceptors (Lipinski definition) is 5. The topological polar surface area (TPSA) is 98.2 Å². The number of fused-ring (bicyclic) bond motifs is 1. The molecule has 0 spiro atoms. The van der Waals surface area contributed by atoms with Crippen molar-refractivity contribution in [3.8, 4) is 16.9 Å². The minimum atomic E-state index is -0.255. The Morgan fingerprint density at radius 3 is 2.51 bits per heavy atom. The number of nitrogens with zero attached hydrogens (tertiary/aromatic N) is 2. The van der Waals surface area contributed by atoms with Gasteiger partial charge in [-0.2, -0.15) is 5.10 Å². The van der Waals surface area contributed by atoms with Crippen molar-refractivity contribution in [1.29, 1.82) is 0 Å². The molecule has 43 heavy (non-hydrogen) atoms. The van der Waals surface area contributed by atoms with Gasteiger partial charge in [0, 0.05) is 40.0 Å². The third-order valence-corrected chi connectivity index (χ3v) is 8.30. The lowest BCUT2D eigenvalue weighted by atomic mass is 9.98. The van der Waals surface area contributed by atoms with Crippen LogP contribution in [0.15, 0.2) is 54.6 Å². The second-order valence-corrected chi connectivity index (χ2v) is 11.1. The first kappa shape index (κ1) is 29.9. The first-order valence-corrected chi connectivity index (χ1v) is 14.5. The number of rotatable bonds is 11. The van der Waals surface area contributed by atoms with Crippen LogP contribution in [0.2, 0.25) is 5.02 Å². The summed E-state index contributed by atoms with van der Waals surface area (Å²) in [5, 5.41) is 9.37. The maximum absolute atomic E-state index is 13.8. The predicted octanol–water partition coefficient (Wildman–Crippen LogP) is 7.39. The normalized spacial score (nSPS) is 11.1. The van der Waals surface area contributed by atoms with Crippen LogP contribution in [0.3, 0.4) is 0 Å². The number of carbonyl (C=O) groups is 2. The Kier molecular flexibility index (Phi) is 8.87. The molecule has 0 bridgehead atoms. The molecule has 0 unspecified atom stereocenters. The number of aromatic amines is 1. The van der Waals surface area contributed by atoms with Crippen LogP contribution in [0.25, 0.3) is 22.0 Å². The largest absolute Gasteiger partial charge is 0.494 e. The molecule has 0 saturated heterocycles. The second kappa shape index (κ2) is 12.8. The second-order valence-electron chi connectivity index (χ2n) is 10.8. The molecular weight excluding hydrogens is 564 g/mol. The minimum absolute atomic E-state index is 0.130. The summed E-state index contributed by atoms with van der Waals surface area (Å²) in [6.07, 6.45) is 1.32. The van der Waals surface area contributed by atoms with Gasteiger partial charge in [-0.3, -0.25) is 14.3 Å². The SMILES string of the molecule is Cc1cc(OCCCc2c(C(=O)Nc3cccc(COC=O)c3)[nH]c3c(-c4c(C)nn(C)c4C)cccc23)cc(C)c1Cl. The zero-order valence-corrected chi connectivity index (χ0v) is 25.8. The highest BCUT2D eigenvalue weighted by molar-refractivity contribution is 6.32. The minimum Gasteiger partial charge on any atom is -0.494 e. The van der Waals surface area contributed by atoms with Crippen LogP contribution < -0.4 is 10.1 Å². The fraction of sp³-hybridized carbons (Fsp3) is 0.265. The summed E-state index contributed by atoms with van der Waals surface area (Å²) in [5.74, 6) is 0.523. The molecule has 0 fully saturated rings. The molecule has 2 N–H and O–H groups in total. The van der Waals surface area contributed by atoms with Gasteiger partial charge in [-0.15, -0.1) is 0 Å². The highest BCUT2D eigenvalue weighted by Crippen LogP contribution is 2.36. The Balaban J connectivity index is 1.47. The average molecular weight is 599 g/mol. The number of hydrogen-bond donors (Lipinski definition) is 2. The molecule has 0 saturated carbocycles. The lowest BCUT2D eigenvalue weighted by molar-refractivity contribution is -0.129. The Bertz CT molecular complexity index is 1800. The number of halogens is 1. The first-order chi connectivity index (χ1) is 20.7. The van der Waals surface area contributed by atoms with E-state index >= 15 is 0 Å². The molecule has 8 nitrogen and oxygen atoms in total. The highest BCUT2D eigenvalue weighted by atomic mass is 35.5. The molecule has 3 aromatic carbocycles. The molecule has 0 aliphatic carbocycles. The lowest BCUT2D eigenvalue weighted by Crippen LogP contribution is -2.15. The molecule has 9 heteroatoms. The van der Waals surface area contributed by atoms with Crippen molar-refractivity contribution in [3.05, 3.63) is 99.0 Å². The number of aromatic nitrogens is 3. The van der Waals surface area contributed by atoms with Crippen molar-refractivity contribution in [2.45, 2.75) is 47.1 Å². The fourth-order valence-corrected chi connectivity index (χ4v) is 5.70. The summed E-state index contributed by atoms with van der Waals surface area (Å²) in [6, 6.07) is 17.3. The number of para-hydroxylation sites is 1. The van der Waals surface area contributed by atoms with Crippen LogP contribution in [0.1, 0.15) is 50.6 Å². The number of amides is 1. The number of H-pyrrole nitrogens is 1. The van der Waals surface area contributed by atoms with E-state index < -0.39 is 0 Å². The summed E-state index contributed by atoms with van der Waals surface area (Å²) in [6.45, 7) is 8.99. The standard InChI is InChI=1S/C34H35ClN4O4/c1-20-15-26(16-21(2)31(20)35)43-14-8-13-28-27-11-7-12-29(30-22(3)38-39(5)23(30)4)32(27)37-33(28)34(41)36-25-10-6-9-24(17-25)18-42-19-40/h6-7,9-12,15-17,19,37H,8,13-14,18H2,1-5H3,(H,36,41). The maximum Gasteiger partial charge on any atom is 0.293 e. The summed E-state index contributed by atoms with van der Waals surface area (Å²) in [4.78, 5) is 27.9. The van der Waals surface area contributed by atoms with Gasteiger partial charge in [0.25, 0.3) is 12.4 Å². The molecule has 1 amide bonds. The van der Waals surface area contributed by atoms with Gasteiger partial charge in [-0.05, 0) is 87.1 Å². The summed E-state index contributed by atoms with van der Waals surface area (Å²) < 4.78 is 12.8. The number of benzene rings is 3. The van der Waals surface area contributed by atoms with Crippen molar-refractivity contribution in [2.75, 3.05) is 11.9 Å². The van der Waals surface area contributed by atoms with Crippen LogP contribution in [0.5, 0.6) is 5.75 Å². The van der Waals surface area contributed by atoms with E-state index in [9.17, 15) is 9.59 Å². The van der Waals surface area contributed by atoms with Crippen molar-refractivity contribution in [1.82, 2.24) is 14.8 Å². The van der Waals surface area contributed by atoms with E-state index in [2.05, 4.69) is 21.5 Å². The quantitative estimate of drug-likeness (QED) is 0.122. The van der Waals surface area contributed by atoms with Gasteiger partial charge >= 0.3 is 0 Å². The van der Waals surface area contributed by atoms with Crippen LogP contribution in [0, 0.1) is 27.7 Å². The van der Waals surface area contributed by atoms with Gasteiger partial charge in [0.05, 0.1) is 17.8 Å². The predicted molar refractivity (Wildman–Crippen MR) is 170 cm³/mol. The zero-order valence-electron chi connectivity index (χ0n) is 25.0. The fourth-order valence-electron chi connectivity index (χ4n) is 5.59. The van der Waals surface area contributed by atoms with Crippen molar-refractivity contribution < 1.29 is 19.1 Å². The van der Waals surface area contributed by atoms with Gasteiger partial charge in [-0.25, -0.2) is 0 Å². The van der Waals surface area contributed by atoms with Crippen molar-refractivity contribution >= 4 is 40.6 Å². The van der Waals surface area contributed by atoms with Gasteiger partial charge in [0.15, 0.2) is 0 Å². The van der Waals surface area contributed by atoms with Gasteiger partial charge in [0.1, 0.15) is 18.1 Å². The molecular formula is C34H35ClN4O4. The third-order valence-electron chi connectivity index (χ3n) is 7.70. The molecule has 0 radical (unpaired) electrons. The Morgan fingerprint density at radius 1 is 1.07 bits per heavy atom. The molecule has 2 heterocycles. The molecule has 0 atom stereocenters. The van der Waals surface area contributed by atoms with Crippen LogP contribution in [-0.4, -0.2) is 33.8 Å². The van der Waals surface area contributed by atoms with E-state index in [1.54, 1.807) is 6.07 Å². The van der Waals surface area contributed by atoms with Gasteiger partial charge in [0.2, 0.25) is 0 Å². The molecule has 5 aromatic rings. The average Bonchev–Trinajstić information content (AvgIpc) is 3.48. The molecule has 2 aromatic heterocycles. The number of aryl methyl sites for hydroxylation is 5. The maximum atomic E-state index is 13.8. The third kappa shape index (κ3) is 6.29. The number of anilines is 1. The molecule has 0 aliphatic rings. The van der Waals surface area contributed by atoms with Crippen molar-refractivity contribution in [3.63, 3.8) is 0 Å². The summed E-state index contributed by atoms with van der Waals surface area (Å²) >= 11 is 6.33. The molecule has 0 aliphatic heterocycles. The van der Waals surface area contributed by atoms with E-state index in [0.29, 0.717) is 37.3 Å². The van der Waals surface area contributed by atoms with Crippen LogP contribution in [-0.2, 0) is 29.6 Å². The molecule has 222 valence electrons.